The van der Waals surface area contributed by atoms with Gasteiger partial charge in [-0.2, -0.15) is 0 Å². The van der Waals surface area contributed by atoms with Crippen molar-refractivity contribution < 1.29 is 0 Å². The highest BCUT2D eigenvalue weighted by Gasteiger charge is 2.24. The molecule has 0 saturated carbocycles. The predicted molar refractivity (Wildman–Crippen MR) is 266 cm³/mol. The maximum absolute atomic E-state index is 2.53. The molecule has 0 aliphatic rings. The van der Waals surface area contributed by atoms with Crippen molar-refractivity contribution in [2.75, 3.05) is 4.90 Å². The van der Waals surface area contributed by atoms with E-state index in [2.05, 4.69) is 229 Å². The van der Waals surface area contributed by atoms with Crippen LogP contribution in [-0.2, 0) is 0 Å². The molecular weight excluding hydrogens is 775 g/mol. The fraction of sp³-hybridized carbons (Fsp3) is 0. The fourth-order valence-corrected chi connectivity index (χ4v) is 11.6. The summed E-state index contributed by atoms with van der Waals surface area (Å²) in [6.45, 7) is 0. The quantitative estimate of drug-likeness (QED) is 0.155. The van der Waals surface area contributed by atoms with E-state index in [1.54, 1.807) is 0 Å². The van der Waals surface area contributed by atoms with Gasteiger partial charge in [0.25, 0.3) is 0 Å². The minimum atomic E-state index is 1.11. The normalized spacial score (nSPS) is 11.6. The average Bonchev–Trinajstić information content (AvgIpc) is 3.92. The number of anilines is 3. The maximum Gasteiger partial charge on any atom is 0.0555 e. The molecule has 10 aromatic carbocycles. The molecule has 0 saturated heterocycles. The van der Waals surface area contributed by atoms with Crippen LogP contribution in [0.1, 0.15) is 0 Å². The summed E-state index contributed by atoms with van der Waals surface area (Å²) < 4.78 is 5.14. The maximum atomic E-state index is 2.53. The Morgan fingerprint density at radius 3 is 1.54 bits per heavy atom. The molecule has 12 rings (SSSR count). The second-order valence-corrected chi connectivity index (χ2v) is 17.8. The highest BCUT2D eigenvalue weighted by molar-refractivity contribution is 7.26. The molecule has 1 nitrogen and oxygen atoms in total. The van der Waals surface area contributed by atoms with Crippen LogP contribution in [0.3, 0.4) is 0 Å². The highest BCUT2D eigenvalue weighted by atomic mass is 32.1. The van der Waals surface area contributed by atoms with Crippen molar-refractivity contribution in [3.05, 3.63) is 224 Å². The molecule has 2 heterocycles. The molecule has 61 heavy (non-hydrogen) atoms. The number of benzene rings is 10. The second-order valence-electron chi connectivity index (χ2n) is 15.6. The lowest BCUT2D eigenvalue weighted by atomic mass is 9.91. The van der Waals surface area contributed by atoms with Crippen LogP contribution >= 0.6 is 22.7 Å². The van der Waals surface area contributed by atoms with Gasteiger partial charge in [-0.15, -0.1) is 22.7 Å². The van der Waals surface area contributed by atoms with E-state index in [0.717, 1.165) is 5.69 Å². The van der Waals surface area contributed by atoms with Crippen molar-refractivity contribution in [3.8, 4) is 44.5 Å². The first kappa shape index (κ1) is 35.6. The molecule has 12 aromatic rings. The van der Waals surface area contributed by atoms with Crippen LogP contribution in [0.15, 0.2) is 224 Å². The van der Waals surface area contributed by atoms with Gasteiger partial charge >= 0.3 is 0 Å². The number of hydrogen-bond donors (Lipinski definition) is 0. The molecule has 286 valence electrons. The van der Waals surface area contributed by atoms with Crippen LogP contribution in [0.4, 0.5) is 17.1 Å². The van der Waals surface area contributed by atoms with Crippen LogP contribution in [0, 0.1) is 0 Å². The molecule has 0 aliphatic carbocycles. The molecular formula is C58H37NS2. The topological polar surface area (TPSA) is 3.24 Å². The van der Waals surface area contributed by atoms with Crippen LogP contribution in [-0.4, -0.2) is 0 Å². The molecule has 0 unspecified atom stereocenters. The van der Waals surface area contributed by atoms with Gasteiger partial charge in [-0.3, -0.25) is 0 Å². The summed E-state index contributed by atoms with van der Waals surface area (Å²) in [5.74, 6) is 0. The van der Waals surface area contributed by atoms with Crippen LogP contribution < -0.4 is 4.90 Å². The van der Waals surface area contributed by atoms with Gasteiger partial charge in [-0.1, -0.05) is 170 Å². The van der Waals surface area contributed by atoms with Crippen LogP contribution in [0.2, 0.25) is 0 Å². The Morgan fingerprint density at radius 1 is 0.295 bits per heavy atom. The molecule has 3 heteroatoms. The largest absolute Gasteiger partial charge is 0.309 e. The first-order valence-electron chi connectivity index (χ1n) is 20.7. The van der Waals surface area contributed by atoms with Crippen molar-refractivity contribution >= 4 is 90.9 Å². The van der Waals surface area contributed by atoms with Crippen molar-refractivity contribution in [2.24, 2.45) is 0 Å². The Kier molecular flexibility index (Phi) is 8.62. The summed E-state index contributed by atoms with van der Waals surface area (Å²) in [6, 6.07) is 82.4. The van der Waals surface area contributed by atoms with Gasteiger partial charge in [0.15, 0.2) is 0 Å². The summed E-state index contributed by atoms with van der Waals surface area (Å²) in [6.07, 6.45) is 0. The Bertz CT molecular complexity index is 3570. The third-order valence-corrected chi connectivity index (χ3v) is 14.4. The molecule has 0 fully saturated rings. The van der Waals surface area contributed by atoms with Gasteiger partial charge in [-0.05, 0) is 110 Å². The van der Waals surface area contributed by atoms with Gasteiger partial charge in [-0.25, -0.2) is 0 Å². The molecule has 0 radical (unpaired) electrons. The molecule has 0 bridgehead atoms. The van der Waals surface area contributed by atoms with Crippen molar-refractivity contribution in [3.63, 3.8) is 0 Å². The number of fused-ring (bicyclic) bond motifs is 7. The van der Waals surface area contributed by atoms with E-state index in [4.69, 9.17) is 0 Å². The summed E-state index contributed by atoms with van der Waals surface area (Å²) in [7, 11) is 0. The van der Waals surface area contributed by atoms with E-state index in [1.807, 2.05) is 22.7 Å². The summed E-state index contributed by atoms with van der Waals surface area (Å²) in [5.41, 5.74) is 13.3. The van der Waals surface area contributed by atoms with Gasteiger partial charge in [0, 0.05) is 46.0 Å². The van der Waals surface area contributed by atoms with Gasteiger partial charge in [0.05, 0.1) is 11.4 Å². The van der Waals surface area contributed by atoms with E-state index in [1.165, 1.54) is 107 Å². The lowest BCUT2D eigenvalue weighted by Crippen LogP contribution is -2.11. The zero-order valence-corrected chi connectivity index (χ0v) is 34.8. The first-order chi connectivity index (χ1) is 30.2. The van der Waals surface area contributed by atoms with E-state index < -0.39 is 0 Å². The molecule has 0 N–H and O–H groups in total. The standard InChI is InChI=1S/C58H37NS2/c1-4-15-38(16-5-1)44-29-32-48-55(37-44)60-54-26-14-24-51(56(48)54)59(52-34-33-46(39-17-6-2-7-18-39)58-57(52)47-23-12-13-25-53(47)61-58)45-30-27-41(28-31-45)50-36-43-22-11-10-21-42(43)35-49(50)40-19-8-3-9-20-40/h1-37H. The SMILES string of the molecule is c1ccc(-c2ccc3c(c2)sc2cccc(N(c4ccc(-c5cc6ccccc6cc5-c5ccccc5)cc4)c4ccc(-c5ccccc5)c5sc6ccccc6c45)c23)cc1. The predicted octanol–water partition coefficient (Wildman–Crippen LogP) is 17.7. The first-order valence-corrected chi connectivity index (χ1v) is 22.4. The number of rotatable bonds is 7. The van der Waals surface area contributed by atoms with E-state index in [-0.39, 0.29) is 0 Å². The lowest BCUT2D eigenvalue weighted by molar-refractivity contribution is 1.32. The summed E-state index contributed by atoms with van der Waals surface area (Å²) >= 11 is 3.76. The molecule has 0 spiro atoms. The number of thiophene rings is 2. The zero-order valence-electron chi connectivity index (χ0n) is 33.1. The summed E-state index contributed by atoms with van der Waals surface area (Å²) in [4.78, 5) is 2.53. The van der Waals surface area contributed by atoms with Crippen molar-refractivity contribution in [2.45, 2.75) is 0 Å². The van der Waals surface area contributed by atoms with Crippen LogP contribution in [0.5, 0.6) is 0 Å². The molecule has 2 aromatic heterocycles. The van der Waals surface area contributed by atoms with E-state index in [9.17, 15) is 0 Å². The summed E-state index contributed by atoms with van der Waals surface area (Å²) in [5, 5.41) is 7.57. The average molecular weight is 812 g/mol. The molecule has 0 amide bonds. The Hall–Kier alpha value is -7.30. The Balaban J connectivity index is 1.10. The number of hydrogen-bond acceptors (Lipinski definition) is 3. The monoisotopic (exact) mass is 811 g/mol. The van der Waals surface area contributed by atoms with Crippen LogP contribution in [0.25, 0.3) is 95.6 Å². The highest BCUT2D eigenvalue weighted by Crippen LogP contribution is 2.51. The number of nitrogens with zero attached hydrogens (tertiary/aromatic N) is 1. The van der Waals surface area contributed by atoms with Crippen molar-refractivity contribution in [1.82, 2.24) is 0 Å². The third kappa shape index (κ3) is 6.13. The van der Waals surface area contributed by atoms with Gasteiger partial charge in [0.1, 0.15) is 0 Å². The minimum Gasteiger partial charge on any atom is -0.309 e. The Morgan fingerprint density at radius 2 is 0.836 bits per heavy atom. The fourth-order valence-electron chi connectivity index (χ4n) is 9.18. The minimum absolute atomic E-state index is 1.11. The zero-order chi connectivity index (χ0) is 40.3. The smallest absolute Gasteiger partial charge is 0.0555 e. The molecule has 0 aliphatic heterocycles. The van der Waals surface area contributed by atoms with Gasteiger partial charge < -0.3 is 4.90 Å². The van der Waals surface area contributed by atoms with Gasteiger partial charge in [0.2, 0.25) is 0 Å². The third-order valence-electron chi connectivity index (χ3n) is 12.1. The van der Waals surface area contributed by atoms with E-state index >= 15 is 0 Å². The Labute approximate surface area is 362 Å². The second kappa shape index (κ2) is 14.8. The van der Waals surface area contributed by atoms with Crippen molar-refractivity contribution in [1.29, 1.82) is 0 Å². The van der Waals surface area contributed by atoms with E-state index in [0.29, 0.717) is 0 Å². The molecule has 0 atom stereocenters. The lowest BCUT2D eigenvalue weighted by Gasteiger charge is -2.28.